The van der Waals surface area contributed by atoms with Crippen LogP contribution >= 0.6 is 11.8 Å². The van der Waals surface area contributed by atoms with Crippen molar-refractivity contribution in [2.75, 3.05) is 0 Å². The SMILES string of the molecule is Cc1ccccc1CSc1nnc(C)n1C. The van der Waals surface area contributed by atoms with E-state index in [1.807, 2.05) is 18.5 Å². The summed E-state index contributed by atoms with van der Waals surface area (Å²) in [6, 6.07) is 8.43. The third-order valence-electron chi connectivity index (χ3n) is 2.67. The fourth-order valence-electron chi connectivity index (χ4n) is 1.43. The molecule has 2 aromatic rings. The van der Waals surface area contributed by atoms with E-state index in [2.05, 4.69) is 41.4 Å². The molecule has 2 rings (SSSR count). The lowest BCUT2D eigenvalue weighted by atomic mass is 10.1. The zero-order chi connectivity index (χ0) is 11.5. The first kappa shape index (κ1) is 11.2. The molecule has 16 heavy (non-hydrogen) atoms. The Bertz CT molecular complexity index is 491. The summed E-state index contributed by atoms with van der Waals surface area (Å²) >= 11 is 1.72. The van der Waals surface area contributed by atoms with Gasteiger partial charge < -0.3 is 4.57 Å². The van der Waals surface area contributed by atoms with Crippen molar-refractivity contribution in [2.45, 2.75) is 24.8 Å². The summed E-state index contributed by atoms with van der Waals surface area (Å²) in [7, 11) is 2.00. The van der Waals surface area contributed by atoms with Crippen molar-refractivity contribution in [1.29, 1.82) is 0 Å². The van der Waals surface area contributed by atoms with Crippen LogP contribution < -0.4 is 0 Å². The van der Waals surface area contributed by atoms with Gasteiger partial charge in [0.05, 0.1) is 0 Å². The Morgan fingerprint density at radius 1 is 1.19 bits per heavy atom. The van der Waals surface area contributed by atoms with Crippen molar-refractivity contribution in [3.8, 4) is 0 Å². The largest absolute Gasteiger partial charge is 0.309 e. The molecule has 0 N–H and O–H groups in total. The second kappa shape index (κ2) is 4.70. The highest BCUT2D eigenvalue weighted by atomic mass is 32.2. The van der Waals surface area contributed by atoms with Crippen LogP contribution in [0.4, 0.5) is 0 Å². The average Bonchev–Trinajstić information content (AvgIpc) is 2.59. The molecule has 0 saturated heterocycles. The number of aryl methyl sites for hydroxylation is 2. The van der Waals surface area contributed by atoms with Crippen LogP contribution in [0.25, 0.3) is 0 Å². The van der Waals surface area contributed by atoms with Crippen molar-refractivity contribution >= 4 is 11.8 Å². The lowest BCUT2D eigenvalue weighted by Gasteiger charge is -2.04. The van der Waals surface area contributed by atoms with Crippen LogP contribution in [0.15, 0.2) is 29.4 Å². The van der Waals surface area contributed by atoms with E-state index in [1.54, 1.807) is 11.8 Å². The Balaban J connectivity index is 2.08. The molecule has 0 fully saturated rings. The van der Waals surface area contributed by atoms with Crippen LogP contribution in [0.2, 0.25) is 0 Å². The van der Waals surface area contributed by atoms with Gasteiger partial charge in [-0.15, -0.1) is 10.2 Å². The van der Waals surface area contributed by atoms with E-state index in [0.29, 0.717) is 0 Å². The van der Waals surface area contributed by atoms with E-state index < -0.39 is 0 Å². The van der Waals surface area contributed by atoms with E-state index in [9.17, 15) is 0 Å². The molecule has 0 radical (unpaired) electrons. The van der Waals surface area contributed by atoms with Crippen LogP contribution in [0.3, 0.4) is 0 Å². The van der Waals surface area contributed by atoms with E-state index in [4.69, 9.17) is 0 Å². The summed E-state index contributed by atoms with van der Waals surface area (Å²) in [6.07, 6.45) is 0. The van der Waals surface area contributed by atoms with Gasteiger partial charge in [-0.2, -0.15) is 0 Å². The quantitative estimate of drug-likeness (QED) is 0.764. The minimum absolute atomic E-state index is 0.943. The number of thioether (sulfide) groups is 1. The van der Waals surface area contributed by atoms with Gasteiger partial charge in [0, 0.05) is 12.8 Å². The van der Waals surface area contributed by atoms with Crippen molar-refractivity contribution in [2.24, 2.45) is 7.05 Å². The molecule has 0 bridgehead atoms. The average molecular weight is 233 g/mol. The summed E-state index contributed by atoms with van der Waals surface area (Å²) < 4.78 is 2.02. The van der Waals surface area contributed by atoms with Crippen molar-refractivity contribution < 1.29 is 0 Å². The zero-order valence-electron chi connectivity index (χ0n) is 9.77. The number of hydrogen-bond donors (Lipinski definition) is 0. The zero-order valence-corrected chi connectivity index (χ0v) is 10.6. The summed E-state index contributed by atoms with van der Waals surface area (Å²) in [6.45, 7) is 4.10. The van der Waals surface area contributed by atoms with Crippen molar-refractivity contribution in [3.63, 3.8) is 0 Å². The summed E-state index contributed by atoms with van der Waals surface area (Å²) in [5.74, 6) is 1.89. The highest BCUT2D eigenvalue weighted by Crippen LogP contribution is 2.22. The van der Waals surface area contributed by atoms with E-state index >= 15 is 0 Å². The molecule has 0 spiro atoms. The third kappa shape index (κ3) is 2.27. The Morgan fingerprint density at radius 3 is 2.56 bits per heavy atom. The van der Waals surface area contributed by atoms with Crippen LogP contribution in [-0.4, -0.2) is 14.8 Å². The van der Waals surface area contributed by atoms with E-state index in [1.165, 1.54) is 11.1 Å². The molecule has 1 heterocycles. The Kier molecular flexibility index (Phi) is 3.29. The van der Waals surface area contributed by atoms with Gasteiger partial charge in [0.25, 0.3) is 0 Å². The fourth-order valence-corrected chi connectivity index (χ4v) is 2.46. The molecule has 1 aromatic heterocycles. The first-order valence-corrected chi connectivity index (χ1v) is 6.20. The number of nitrogens with zero attached hydrogens (tertiary/aromatic N) is 3. The summed E-state index contributed by atoms with van der Waals surface area (Å²) in [4.78, 5) is 0. The van der Waals surface area contributed by atoms with Crippen molar-refractivity contribution in [1.82, 2.24) is 14.8 Å². The molecule has 0 aliphatic rings. The topological polar surface area (TPSA) is 30.7 Å². The predicted octanol–water partition coefficient (Wildman–Crippen LogP) is 2.72. The maximum absolute atomic E-state index is 4.14. The molecule has 1 aromatic carbocycles. The number of rotatable bonds is 3. The minimum Gasteiger partial charge on any atom is -0.309 e. The number of benzene rings is 1. The lowest BCUT2D eigenvalue weighted by Crippen LogP contribution is -1.94. The lowest BCUT2D eigenvalue weighted by molar-refractivity contribution is 0.765. The Morgan fingerprint density at radius 2 is 1.94 bits per heavy atom. The van der Waals surface area contributed by atoms with Gasteiger partial charge >= 0.3 is 0 Å². The molecule has 0 unspecified atom stereocenters. The maximum atomic E-state index is 4.14. The monoisotopic (exact) mass is 233 g/mol. The highest BCUT2D eigenvalue weighted by molar-refractivity contribution is 7.98. The molecule has 3 nitrogen and oxygen atoms in total. The summed E-state index contributed by atoms with van der Waals surface area (Å²) in [5.41, 5.74) is 2.68. The number of aromatic nitrogens is 3. The summed E-state index contributed by atoms with van der Waals surface area (Å²) in [5, 5.41) is 9.15. The highest BCUT2D eigenvalue weighted by Gasteiger charge is 2.06. The van der Waals surface area contributed by atoms with Crippen LogP contribution in [0, 0.1) is 13.8 Å². The Labute approximate surface area is 99.9 Å². The predicted molar refractivity (Wildman–Crippen MR) is 66.5 cm³/mol. The van der Waals surface area contributed by atoms with Crippen LogP contribution in [-0.2, 0) is 12.8 Å². The van der Waals surface area contributed by atoms with Gasteiger partial charge in [0.1, 0.15) is 5.82 Å². The first-order valence-electron chi connectivity index (χ1n) is 5.22. The van der Waals surface area contributed by atoms with Crippen molar-refractivity contribution in [3.05, 3.63) is 41.2 Å². The smallest absolute Gasteiger partial charge is 0.191 e. The van der Waals surface area contributed by atoms with Crippen LogP contribution in [0.1, 0.15) is 17.0 Å². The first-order chi connectivity index (χ1) is 7.68. The molecule has 0 amide bonds. The Hall–Kier alpha value is -1.29. The maximum Gasteiger partial charge on any atom is 0.191 e. The van der Waals surface area contributed by atoms with E-state index in [-0.39, 0.29) is 0 Å². The molecule has 84 valence electrons. The third-order valence-corrected chi connectivity index (χ3v) is 3.74. The fraction of sp³-hybridized carbons (Fsp3) is 0.333. The molecule has 0 aliphatic heterocycles. The van der Waals surface area contributed by atoms with Gasteiger partial charge in [-0.3, -0.25) is 0 Å². The van der Waals surface area contributed by atoms with Gasteiger partial charge in [-0.25, -0.2) is 0 Å². The van der Waals surface area contributed by atoms with Gasteiger partial charge in [-0.05, 0) is 25.0 Å². The van der Waals surface area contributed by atoms with Gasteiger partial charge in [-0.1, -0.05) is 36.0 Å². The molecule has 0 atom stereocenters. The number of hydrogen-bond acceptors (Lipinski definition) is 3. The molecule has 0 saturated carbocycles. The second-order valence-corrected chi connectivity index (χ2v) is 4.75. The normalized spacial score (nSPS) is 10.7. The molecule has 4 heteroatoms. The van der Waals surface area contributed by atoms with Gasteiger partial charge in [0.2, 0.25) is 0 Å². The second-order valence-electron chi connectivity index (χ2n) is 3.80. The minimum atomic E-state index is 0.943. The van der Waals surface area contributed by atoms with Crippen LogP contribution in [0.5, 0.6) is 0 Å². The van der Waals surface area contributed by atoms with Gasteiger partial charge in [0.15, 0.2) is 5.16 Å². The standard InChI is InChI=1S/C12H15N3S/c1-9-6-4-5-7-11(9)8-16-12-14-13-10(2)15(12)3/h4-7H,8H2,1-3H3. The molecular weight excluding hydrogens is 218 g/mol. The van der Waals surface area contributed by atoms with E-state index in [0.717, 1.165) is 16.7 Å². The molecule has 0 aliphatic carbocycles. The molecular formula is C12H15N3S.